The first kappa shape index (κ1) is 21.4. The number of nitrogens with one attached hydrogen (secondary N) is 1. The predicted molar refractivity (Wildman–Crippen MR) is 107 cm³/mol. The molecule has 3 aromatic rings. The van der Waals surface area contributed by atoms with E-state index in [4.69, 9.17) is 4.74 Å². The number of aromatic nitrogens is 2. The molecule has 8 heteroatoms. The molecule has 0 unspecified atom stereocenters. The molecule has 5 nitrogen and oxygen atoms in total. The van der Waals surface area contributed by atoms with Crippen LogP contribution < -0.4 is 10.1 Å². The Hall–Kier alpha value is -3.29. The minimum absolute atomic E-state index is 0.0185. The second-order valence-electron chi connectivity index (χ2n) is 7.13. The predicted octanol–water partition coefficient (Wildman–Crippen LogP) is 5.09. The lowest BCUT2D eigenvalue weighted by atomic mass is 10.1. The van der Waals surface area contributed by atoms with Crippen LogP contribution in [0.2, 0.25) is 0 Å². The van der Waals surface area contributed by atoms with E-state index in [1.807, 2.05) is 29.0 Å². The maximum absolute atomic E-state index is 12.8. The summed E-state index contributed by atoms with van der Waals surface area (Å²) < 4.78 is 45.5. The van der Waals surface area contributed by atoms with Crippen LogP contribution in [0.5, 0.6) is 5.75 Å². The Morgan fingerprint density at radius 1 is 1.17 bits per heavy atom. The number of carbonyl (C=O) groups is 1. The van der Waals surface area contributed by atoms with E-state index in [-0.39, 0.29) is 11.7 Å². The van der Waals surface area contributed by atoms with E-state index in [9.17, 15) is 18.0 Å². The van der Waals surface area contributed by atoms with Gasteiger partial charge in [-0.25, -0.2) is 4.98 Å². The van der Waals surface area contributed by atoms with E-state index in [1.54, 1.807) is 12.3 Å². The minimum atomic E-state index is -4.47. The van der Waals surface area contributed by atoms with Crippen LogP contribution >= 0.6 is 0 Å². The molecule has 0 saturated heterocycles. The molecule has 0 aliphatic carbocycles. The molecule has 0 saturated carbocycles. The molecule has 30 heavy (non-hydrogen) atoms. The number of carbonyl (C=O) groups excluding carboxylic acids is 1. The second-order valence-corrected chi connectivity index (χ2v) is 7.13. The van der Waals surface area contributed by atoms with Crippen LogP contribution in [0.25, 0.3) is 0 Å². The molecule has 0 bridgehead atoms. The molecule has 1 heterocycles. The van der Waals surface area contributed by atoms with Crippen molar-refractivity contribution in [2.24, 2.45) is 0 Å². The van der Waals surface area contributed by atoms with Crippen molar-refractivity contribution in [2.75, 3.05) is 11.9 Å². The van der Waals surface area contributed by atoms with E-state index < -0.39 is 24.3 Å². The number of rotatable bonds is 7. The molecule has 0 aliphatic rings. The van der Waals surface area contributed by atoms with Gasteiger partial charge in [0.05, 0.1) is 5.56 Å². The lowest BCUT2D eigenvalue weighted by molar-refractivity contribution is -0.137. The van der Waals surface area contributed by atoms with Gasteiger partial charge in [-0.3, -0.25) is 4.79 Å². The number of benzene rings is 2. The highest BCUT2D eigenvalue weighted by Crippen LogP contribution is 2.31. The van der Waals surface area contributed by atoms with Gasteiger partial charge in [0.15, 0.2) is 6.61 Å². The van der Waals surface area contributed by atoms with Crippen LogP contribution in [0.1, 0.15) is 36.7 Å². The lowest BCUT2D eigenvalue weighted by Crippen LogP contribution is -2.20. The van der Waals surface area contributed by atoms with Gasteiger partial charge in [0.25, 0.3) is 5.91 Å². The van der Waals surface area contributed by atoms with Crippen LogP contribution in [0.4, 0.5) is 18.9 Å². The molecule has 0 spiro atoms. The molecule has 2 aromatic carbocycles. The third-order valence-corrected chi connectivity index (χ3v) is 4.36. The van der Waals surface area contributed by atoms with Crippen molar-refractivity contribution < 1.29 is 22.7 Å². The van der Waals surface area contributed by atoms with Gasteiger partial charge in [-0.1, -0.05) is 32.0 Å². The van der Waals surface area contributed by atoms with Crippen LogP contribution in [-0.2, 0) is 17.5 Å². The van der Waals surface area contributed by atoms with Crippen molar-refractivity contribution in [2.45, 2.75) is 32.5 Å². The SMILES string of the molecule is CC(C)c1nccn1Cc1cccc(NC(=O)COc2cccc(C(F)(F)F)c2)c1. The summed E-state index contributed by atoms with van der Waals surface area (Å²) in [6.45, 7) is 4.35. The summed E-state index contributed by atoms with van der Waals surface area (Å²) in [5.41, 5.74) is 0.733. The van der Waals surface area contributed by atoms with Crippen LogP contribution in [0.15, 0.2) is 60.9 Å². The van der Waals surface area contributed by atoms with E-state index in [0.717, 1.165) is 23.5 Å². The highest BCUT2D eigenvalue weighted by Gasteiger charge is 2.30. The molecule has 0 aliphatic heterocycles. The molecular weight excluding hydrogens is 395 g/mol. The Morgan fingerprint density at radius 3 is 2.67 bits per heavy atom. The zero-order chi connectivity index (χ0) is 21.7. The fourth-order valence-corrected chi connectivity index (χ4v) is 3.01. The number of imidazole rings is 1. The van der Waals surface area contributed by atoms with Gasteiger partial charge >= 0.3 is 6.18 Å². The maximum Gasteiger partial charge on any atom is 0.416 e. The van der Waals surface area contributed by atoms with Crippen molar-refractivity contribution in [3.05, 3.63) is 77.9 Å². The Bertz CT molecular complexity index is 1010. The van der Waals surface area contributed by atoms with Crippen LogP contribution in [0, 0.1) is 0 Å². The monoisotopic (exact) mass is 417 g/mol. The van der Waals surface area contributed by atoms with E-state index >= 15 is 0 Å². The summed E-state index contributed by atoms with van der Waals surface area (Å²) >= 11 is 0. The molecule has 0 radical (unpaired) electrons. The van der Waals surface area contributed by atoms with Crippen molar-refractivity contribution in [1.82, 2.24) is 9.55 Å². The Kier molecular flexibility index (Phi) is 6.44. The smallest absolute Gasteiger partial charge is 0.416 e. The molecule has 0 fully saturated rings. The van der Waals surface area contributed by atoms with Crippen LogP contribution in [-0.4, -0.2) is 22.1 Å². The number of anilines is 1. The first-order valence-electron chi connectivity index (χ1n) is 9.42. The quantitative estimate of drug-likeness (QED) is 0.583. The van der Waals surface area contributed by atoms with Gasteiger partial charge in [0.2, 0.25) is 0 Å². The van der Waals surface area contributed by atoms with Gasteiger partial charge in [-0.2, -0.15) is 13.2 Å². The van der Waals surface area contributed by atoms with Crippen molar-refractivity contribution in [3.8, 4) is 5.75 Å². The van der Waals surface area contributed by atoms with Gasteiger partial charge < -0.3 is 14.6 Å². The van der Waals surface area contributed by atoms with Crippen molar-refractivity contribution >= 4 is 11.6 Å². The number of ether oxygens (including phenoxy) is 1. The van der Waals surface area contributed by atoms with Gasteiger partial charge in [-0.05, 0) is 35.9 Å². The summed E-state index contributed by atoms with van der Waals surface area (Å²) in [6.07, 6.45) is -0.803. The second kappa shape index (κ2) is 9.02. The van der Waals surface area contributed by atoms with Gasteiger partial charge in [0, 0.05) is 30.5 Å². The summed E-state index contributed by atoms with van der Waals surface area (Å²) in [4.78, 5) is 16.5. The lowest BCUT2D eigenvalue weighted by Gasteiger charge is -2.12. The van der Waals surface area contributed by atoms with Gasteiger partial charge in [-0.15, -0.1) is 0 Å². The molecule has 0 atom stereocenters. The molecular formula is C22H22F3N3O2. The Labute approximate surface area is 172 Å². The number of hydrogen-bond acceptors (Lipinski definition) is 3. The van der Waals surface area contributed by atoms with Crippen molar-refractivity contribution in [1.29, 1.82) is 0 Å². The third-order valence-electron chi connectivity index (χ3n) is 4.36. The average Bonchev–Trinajstić information content (AvgIpc) is 3.15. The third kappa shape index (κ3) is 5.62. The fraction of sp³-hybridized carbons (Fsp3) is 0.273. The Morgan fingerprint density at radius 2 is 1.93 bits per heavy atom. The number of hydrogen-bond donors (Lipinski definition) is 1. The largest absolute Gasteiger partial charge is 0.484 e. The van der Waals surface area contributed by atoms with E-state index in [1.165, 1.54) is 12.1 Å². The van der Waals surface area contributed by atoms with E-state index in [0.29, 0.717) is 12.2 Å². The number of nitrogens with zero attached hydrogens (tertiary/aromatic N) is 2. The fourth-order valence-electron chi connectivity index (χ4n) is 3.01. The summed E-state index contributed by atoms with van der Waals surface area (Å²) in [5.74, 6) is 0.778. The summed E-state index contributed by atoms with van der Waals surface area (Å²) in [7, 11) is 0. The first-order chi connectivity index (χ1) is 14.2. The molecule has 1 N–H and O–H groups in total. The number of halogens is 3. The summed E-state index contributed by atoms with van der Waals surface area (Å²) in [5, 5.41) is 2.70. The normalized spacial score (nSPS) is 11.5. The topological polar surface area (TPSA) is 56.2 Å². The molecule has 1 amide bonds. The number of alkyl halides is 3. The molecule has 3 rings (SSSR count). The zero-order valence-corrected chi connectivity index (χ0v) is 16.6. The maximum atomic E-state index is 12.8. The molecule has 158 valence electrons. The standard InChI is InChI=1S/C22H22F3N3O2/c1-15(2)21-26-9-10-28(21)13-16-5-3-7-18(11-16)27-20(29)14-30-19-8-4-6-17(12-19)22(23,24)25/h3-12,15H,13-14H2,1-2H3,(H,27,29). The highest BCUT2D eigenvalue weighted by molar-refractivity contribution is 5.91. The Balaban J connectivity index is 1.60. The van der Waals surface area contributed by atoms with Crippen LogP contribution in [0.3, 0.4) is 0 Å². The zero-order valence-electron chi connectivity index (χ0n) is 16.6. The van der Waals surface area contributed by atoms with Crippen molar-refractivity contribution in [3.63, 3.8) is 0 Å². The first-order valence-corrected chi connectivity index (χ1v) is 9.42. The highest BCUT2D eigenvalue weighted by atomic mass is 19.4. The summed E-state index contributed by atoms with van der Waals surface area (Å²) in [6, 6.07) is 11.8. The minimum Gasteiger partial charge on any atom is -0.484 e. The van der Waals surface area contributed by atoms with E-state index in [2.05, 4.69) is 24.1 Å². The average molecular weight is 417 g/mol. The van der Waals surface area contributed by atoms with Gasteiger partial charge in [0.1, 0.15) is 11.6 Å². The number of amides is 1. The molecule has 1 aromatic heterocycles.